The lowest BCUT2D eigenvalue weighted by Crippen LogP contribution is -2.48. The number of ether oxygens (including phenoxy) is 2. The van der Waals surface area contributed by atoms with Crippen LogP contribution in [-0.4, -0.2) is 59.6 Å². The number of piperazine rings is 1. The Hall–Kier alpha value is -3.17. The van der Waals surface area contributed by atoms with E-state index in [1.165, 1.54) is 23.8 Å². The zero-order valence-corrected chi connectivity index (χ0v) is 19.3. The van der Waals surface area contributed by atoms with E-state index >= 15 is 0 Å². The molecule has 1 fully saturated rings. The lowest BCUT2D eigenvalue weighted by atomic mass is 10.1. The van der Waals surface area contributed by atoms with E-state index in [0.717, 1.165) is 60.0 Å². The topological polar surface area (TPSA) is 84.0 Å². The van der Waals surface area contributed by atoms with Gasteiger partial charge in [-0.1, -0.05) is 23.5 Å². The largest absolute Gasteiger partial charge is 0.454 e. The van der Waals surface area contributed by atoms with Crippen molar-refractivity contribution in [2.45, 2.75) is 26.3 Å². The standard InChI is InChI=1S/C24H26N4O4S/c1-16(29)25-24-26-19-5-2-17(13-22(19)33-24)4-7-23(30)28-10-8-27(9-11-28)14-18-3-6-20-21(12-18)32-15-31-20/h2-3,5-6,12-13H,4,7-11,14-15H2,1H3,(H,25,26,29). The van der Waals surface area contributed by atoms with Crippen LogP contribution in [0.15, 0.2) is 36.4 Å². The number of carbonyl (C=O) groups is 2. The highest BCUT2D eigenvalue weighted by molar-refractivity contribution is 7.22. The summed E-state index contributed by atoms with van der Waals surface area (Å²) >= 11 is 1.45. The average molecular weight is 467 g/mol. The van der Waals surface area contributed by atoms with Crippen LogP contribution in [0.25, 0.3) is 10.2 Å². The Balaban J connectivity index is 1.10. The second-order valence-corrected chi connectivity index (χ2v) is 9.38. The second kappa shape index (κ2) is 9.36. The molecule has 2 aromatic carbocycles. The number of aryl methyl sites for hydroxylation is 1. The first kappa shape index (κ1) is 21.7. The molecule has 1 N–H and O–H groups in total. The molecule has 33 heavy (non-hydrogen) atoms. The maximum Gasteiger partial charge on any atom is 0.231 e. The number of carbonyl (C=O) groups excluding carboxylic acids is 2. The number of hydrogen-bond acceptors (Lipinski definition) is 7. The molecule has 1 saturated heterocycles. The fourth-order valence-corrected chi connectivity index (χ4v) is 5.17. The maximum atomic E-state index is 12.8. The number of aromatic nitrogens is 1. The normalized spacial score (nSPS) is 15.7. The third-order valence-electron chi connectivity index (χ3n) is 5.93. The molecule has 3 heterocycles. The number of benzene rings is 2. The second-order valence-electron chi connectivity index (χ2n) is 8.35. The van der Waals surface area contributed by atoms with Gasteiger partial charge in [-0.2, -0.15) is 0 Å². The highest BCUT2D eigenvalue weighted by atomic mass is 32.1. The van der Waals surface area contributed by atoms with E-state index in [1.807, 2.05) is 29.2 Å². The van der Waals surface area contributed by atoms with E-state index in [0.29, 0.717) is 18.0 Å². The Morgan fingerprint density at radius 2 is 1.82 bits per heavy atom. The van der Waals surface area contributed by atoms with Crippen LogP contribution in [0.2, 0.25) is 0 Å². The highest BCUT2D eigenvalue weighted by Gasteiger charge is 2.22. The van der Waals surface area contributed by atoms with Crippen molar-refractivity contribution in [3.63, 3.8) is 0 Å². The van der Waals surface area contributed by atoms with E-state index < -0.39 is 0 Å². The Labute approximate surface area is 196 Å². The molecule has 2 aliphatic heterocycles. The van der Waals surface area contributed by atoms with Crippen LogP contribution >= 0.6 is 11.3 Å². The van der Waals surface area contributed by atoms with E-state index in [9.17, 15) is 9.59 Å². The van der Waals surface area contributed by atoms with Gasteiger partial charge in [-0.05, 0) is 41.8 Å². The number of nitrogens with zero attached hydrogens (tertiary/aromatic N) is 3. The van der Waals surface area contributed by atoms with Gasteiger partial charge in [0.05, 0.1) is 10.2 Å². The molecule has 2 amide bonds. The Bertz CT molecular complexity index is 1190. The van der Waals surface area contributed by atoms with Gasteiger partial charge in [0.25, 0.3) is 0 Å². The first-order valence-corrected chi connectivity index (χ1v) is 11.9. The average Bonchev–Trinajstić information content (AvgIpc) is 3.43. The SMILES string of the molecule is CC(=O)Nc1nc2ccc(CCC(=O)N3CCN(Cc4ccc5c(c4)OCO5)CC3)cc2s1. The molecule has 0 bridgehead atoms. The molecule has 1 aromatic heterocycles. The Kier molecular flexibility index (Phi) is 6.15. The molecule has 172 valence electrons. The summed E-state index contributed by atoms with van der Waals surface area (Å²) in [6, 6.07) is 12.1. The van der Waals surface area contributed by atoms with E-state index in [4.69, 9.17) is 9.47 Å². The van der Waals surface area contributed by atoms with Gasteiger partial charge in [0, 0.05) is 46.1 Å². The number of thiazole rings is 1. The van der Waals surface area contributed by atoms with Crippen molar-refractivity contribution in [1.82, 2.24) is 14.8 Å². The van der Waals surface area contributed by atoms with Gasteiger partial charge in [0.2, 0.25) is 18.6 Å². The quantitative estimate of drug-likeness (QED) is 0.600. The smallest absolute Gasteiger partial charge is 0.231 e. The molecule has 2 aliphatic rings. The summed E-state index contributed by atoms with van der Waals surface area (Å²) in [7, 11) is 0. The van der Waals surface area contributed by atoms with Crippen molar-refractivity contribution in [1.29, 1.82) is 0 Å². The van der Waals surface area contributed by atoms with Gasteiger partial charge < -0.3 is 19.7 Å². The summed E-state index contributed by atoms with van der Waals surface area (Å²) < 4.78 is 11.9. The lowest BCUT2D eigenvalue weighted by molar-refractivity contribution is -0.133. The molecule has 0 aliphatic carbocycles. The number of anilines is 1. The highest BCUT2D eigenvalue weighted by Crippen LogP contribution is 2.33. The van der Waals surface area contributed by atoms with Crippen LogP contribution in [0.4, 0.5) is 5.13 Å². The Morgan fingerprint density at radius 3 is 2.64 bits per heavy atom. The van der Waals surface area contributed by atoms with Crippen LogP contribution in [-0.2, 0) is 22.6 Å². The van der Waals surface area contributed by atoms with Gasteiger partial charge in [-0.25, -0.2) is 4.98 Å². The maximum absolute atomic E-state index is 12.8. The van der Waals surface area contributed by atoms with Crippen molar-refractivity contribution in [2.75, 3.05) is 38.3 Å². The van der Waals surface area contributed by atoms with Gasteiger partial charge in [-0.15, -0.1) is 0 Å². The number of fused-ring (bicyclic) bond motifs is 2. The van der Waals surface area contributed by atoms with Crippen molar-refractivity contribution in [3.8, 4) is 11.5 Å². The fraction of sp³-hybridized carbons (Fsp3) is 0.375. The van der Waals surface area contributed by atoms with Gasteiger partial charge in [0.1, 0.15) is 0 Å². The summed E-state index contributed by atoms with van der Waals surface area (Å²) in [6.07, 6.45) is 1.19. The lowest BCUT2D eigenvalue weighted by Gasteiger charge is -2.34. The summed E-state index contributed by atoms with van der Waals surface area (Å²) in [5, 5.41) is 3.33. The summed E-state index contributed by atoms with van der Waals surface area (Å²) in [5.41, 5.74) is 3.16. The van der Waals surface area contributed by atoms with Crippen molar-refractivity contribution in [3.05, 3.63) is 47.5 Å². The van der Waals surface area contributed by atoms with Gasteiger partial charge in [0.15, 0.2) is 16.6 Å². The van der Waals surface area contributed by atoms with Gasteiger partial charge in [-0.3, -0.25) is 14.5 Å². The molecular formula is C24H26N4O4S. The van der Waals surface area contributed by atoms with Gasteiger partial charge >= 0.3 is 0 Å². The summed E-state index contributed by atoms with van der Waals surface area (Å²) in [5.74, 6) is 1.68. The molecule has 8 nitrogen and oxygen atoms in total. The molecule has 0 atom stereocenters. The molecule has 0 saturated carbocycles. The Morgan fingerprint density at radius 1 is 1.03 bits per heavy atom. The number of rotatable bonds is 6. The molecule has 3 aromatic rings. The number of amides is 2. The number of hydrogen-bond donors (Lipinski definition) is 1. The summed E-state index contributed by atoms with van der Waals surface area (Å²) in [4.78, 5) is 32.8. The van der Waals surface area contributed by atoms with Crippen molar-refractivity contribution >= 4 is 38.5 Å². The molecule has 9 heteroatoms. The minimum absolute atomic E-state index is 0.129. The molecular weight excluding hydrogens is 440 g/mol. The fourth-order valence-electron chi connectivity index (χ4n) is 4.19. The van der Waals surface area contributed by atoms with Crippen molar-refractivity contribution in [2.24, 2.45) is 0 Å². The van der Waals surface area contributed by atoms with Crippen LogP contribution in [0.1, 0.15) is 24.5 Å². The third kappa shape index (κ3) is 5.09. The van der Waals surface area contributed by atoms with Crippen molar-refractivity contribution < 1.29 is 19.1 Å². The minimum Gasteiger partial charge on any atom is -0.454 e. The molecule has 5 rings (SSSR count). The zero-order valence-electron chi connectivity index (χ0n) is 18.5. The predicted octanol–water partition coefficient (Wildman–Crippen LogP) is 3.26. The molecule has 0 unspecified atom stereocenters. The monoisotopic (exact) mass is 466 g/mol. The van der Waals surface area contributed by atoms with E-state index in [-0.39, 0.29) is 18.6 Å². The minimum atomic E-state index is -0.129. The molecule has 0 spiro atoms. The van der Waals surface area contributed by atoms with E-state index in [2.05, 4.69) is 27.3 Å². The first-order valence-electron chi connectivity index (χ1n) is 11.1. The summed E-state index contributed by atoms with van der Waals surface area (Å²) in [6.45, 7) is 5.82. The first-order chi connectivity index (χ1) is 16.0. The number of nitrogens with one attached hydrogen (secondary N) is 1. The van der Waals surface area contributed by atoms with Crippen LogP contribution in [0.3, 0.4) is 0 Å². The van der Waals surface area contributed by atoms with Crippen LogP contribution in [0, 0.1) is 0 Å². The zero-order chi connectivity index (χ0) is 22.8. The van der Waals surface area contributed by atoms with Crippen LogP contribution < -0.4 is 14.8 Å². The third-order valence-corrected chi connectivity index (χ3v) is 6.87. The molecule has 0 radical (unpaired) electrons. The van der Waals surface area contributed by atoms with E-state index in [1.54, 1.807) is 0 Å². The van der Waals surface area contributed by atoms with Crippen LogP contribution in [0.5, 0.6) is 11.5 Å². The predicted molar refractivity (Wildman–Crippen MR) is 127 cm³/mol.